The summed E-state index contributed by atoms with van der Waals surface area (Å²) in [6.07, 6.45) is 4.33. The molecule has 2 heterocycles. The monoisotopic (exact) mass is 832 g/mol. The standard InChI is InChI=1S/C38H49ClN6O9S2/c1-20(2)30-16-25(39)17-31(36(30)42-38(50)44-56(53,54)27-9-11-34(48)45(19-27)22(4)46)21(3)14-24-8-10-29-32(24)15-23-6-5-7-28(23)35(29)41-37(49)43-55(51,52)26-12-13-40-33(47)18-26/h15-17,20-21,24,26-27H,5-14,18-19H2,1-4H3,(H,40,47)(H2,41,43,49)(H2,42,44,50). The zero-order chi connectivity index (χ0) is 40.7. The first-order chi connectivity index (χ1) is 26.3. The number of nitrogens with zero attached hydrogens (tertiary/aromatic N) is 1. The highest BCUT2D eigenvalue weighted by Crippen LogP contribution is 2.48. The lowest BCUT2D eigenvalue weighted by molar-refractivity contribution is -0.145. The van der Waals surface area contributed by atoms with Gasteiger partial charge < -0.3 is 16.0 Å². The number of rotatable bonds is 10. The first kappa shape index (κ1) is 41.4. The summed E-state index contributed by atoms with van der Waals surface area (Å²) in [6, 6.07) is 3.87. The van der Waals surface area contributed by atoms with Crippen molar-refractivity contribution in [3.8, 4) is 0 Å². The molecule has 2 aromatic rings. The average molecular weight is 833 g/mol. The van der Waals surface area contributed by atoms with E-state index in [4.69, 9.17) is 11.6 Å². The minimum atomic E-state index is -4.27. The molecule has 18 heteroatoms. The third kappa shape index (κ3) is 8.84. The number of urea groups is 2. The molecule has 4 atom stereocenters. The molecule has 2 saturated heterocycles. The van der Waals surface area contributed by atoms with Gasteiger partial charge in [0.2, 0.25) is 37.8 Å². The summed E-state index contributed by atoms with van der Waals surface area (Å²) in [5.41, 5.74) is 6.63. The second kappa shape index (κ2) is 16.3. The second-order valence-electron chi connectivity index (χ2n) is 15.6. The van der Waals surface area contributed by atoms with E-state index >= 15 is 0 Å². The van der Waals surface area contributed by atoms with Crippen LogP contribution < -0.4 is 25.4 Å². The van der Waals surface area contributed by atoms with Crippen LogP contribution in [0.3, 0.4) is 0 Å². The van der Waals surface area contributed by atoms with Gasteiger partial charge >= 0.3 is 12.1 Å². The van der Waals surface area contributed by atoms with Crippen molar-refractivity contribution in [1.82, 2.24) is 19.7 Å². The Morgan fingerprint density at radius 3 is 2.16 bits per heavy atom. The number of halogens is 1. The van der Waals surface area contributed by atoms with Crippen LogP contribution in [0.5, 0.6) is 0 Å². The van der Waals surface area contributed by atoms with Gasteiger partial charge in [-0.1, -0.05) is 38.4 Å². The topological polar surface area (TPSA) is 217 Å². The minimum absolute atomic E-state index is 0.0284. The Bertz CT molecular complexity index is 2190. The van der Waals surface area contributed by atoms with E-state index in [-0.39, 0.29) is 62.4 Å². The average Bonchev–Trinajstić information content (AvgIpc) is 3.75. The van der Waals surface area contributed by atoms with Gasteiger partial charge in [-0.15, -0.1) is 0 Å². The number of amides is 7. The molecule has 2 aromatic carbocycles. The highest BCUT2D eigenvalue weighted by molar-refractivity contribution is 7.91. The number of sulfonamides is 2. The Morgan fingerprint density at radius 2 is 1.50 bits per heavy atom. The first-order valence-corrected chi connectivity index (χ1v) is 22.5. The van der Waals surface area contributed by atoms with E-state index in [0.717, 1.165) is 52.8 Å². The van der Waals surface area contributed by atoms with Crippen molar-refractivity contribution in [3.63, 3.8) is 0 Å². The number of nitrogens with one attached hydrogen (secondary N) is 5. The van der Waals surface area contributed by atoms with Gasteiger partial charge in [0.1, 0.15) is 0 Å². The third-order valence-corrected chi connectivity index (χ3v) is 15.2. The summed E-state index contributed by atoms with van der Waals surface area (Å²) in [5, 5.41) is 6.59. The van der Waals surface area contributed by atoms with E-state index in [0.29, 0.717) is 40.4 Å². The SMILES string of the molecule is CC(=O)N1CC(S(=O)(=O)NC(=O)Nc2c(C(C)C)cc(Cl)cc2C(C)CC2CCc3c2cc2c(c3NC(=O)NS(=O)(=O)C3CCNC(=O)C3)CCC2)CCC1=O. The van der Waals surface area contributed by atoms with Crippen molar-refractivity contribution in [2.75, 3.05) is 23.7 Å². The van der Waals surface area contributed by atoms with Gasteiger partial charge in [-0.2, -0.15) is 0 Å². The summed E-state index contributed by atoms with van der Waals surface area (Å²) >= 11 is 6.65. The van der Waals surface area contributed by atoms with E-state index in [1.807, 2.05) is 20.8 Å². The van der Waals surface area contributed by atoms with E-state index in [9.17, 15) is 40.8 Å². The van der Waals surface area contributed by atoms with Gasteiger partial charge in [-0.3, -0.25) is 19.3 Å². The Hall–Kier alpha value is -4.22. The van der Waals surface area contributed by atoms with Crippen molar-refractivity contribution < 1.29 is 40.8 Å². The molecule has 4 unspecified atom stereocenters. The van der Waals surface area contributed by atoms with Gasteiger partial charge in [0.25, 0.3) is 0 Å². The van der Waals surface area contributed by atoms with E-state index in [2.05, 4.69) is 31.5 Å². The zero-order valence-electron chi connectivity index (χ0n) is 31.9. The van der Waals surface area contributed by atoms with Crippen LogP contribution in [-0.2, 0) is 53.7 Å². The number of carbonyl (C=O) groups is 5. The summed E-state index contributed by atoms with van der Waals surface area (Å²) < 4.78 is 56.9. The number of piperidine rings is 2. The molecule has 56 heavy (non-hydrogen) atoms. The lowest BCUT2D eigenvalue weighted by atomic mass is 9.83. The molecule has 2 fully saturated rings. The van der Waals surface area contributed by atoms with Crippen molar-refractivity contribution in [2.24, 2.45) is 0 Å². The first-order valence-electron chi connectivity index (χ1n) is 19.1. The number of hydrogen-bond acceptors (Lipinski definition) is 9. The van der Waals surface area contributed by atoms with Crippen LogP contribution in [0.15, 0.2) is 18.2 Å². The molecule has 6 rings (SSSR count). The molecular formula is C38H49ClN6O9S2. The molecule has 0 bridgehead atoms. The van der Waals surface area contributed by atoms with E-state index < -0.39 is 54.4 Å². The van der Waals surface area contributed by atoms with Crippen molar-refractivity contribution >= 4 is 72.8 Å². The molecule has 5 N–H and O–H groups in total. The Labute approximate surface area is 332 Å². The molecular weight excluding hydrogens is 784 g/mol. The van der Waals surface area contributed by atoms with Crippen LogP contribution in [0.2, 0.25) is 5.02 Å². The molecule has 0 aromatic heterocycles. The highest BCUT2D eigenvalue weighted by Gasteiger charge is 2.38. The summed E-state index contributed by atoms with van der Waals surface area (Å²) in [7, 11) is -8.37. The number of imide groups is 1. The molecule has 2 aliphatic carbocycles. The zero-order valence-corrected chi connectivity index (χ0v) is 34.3. The van der Waals surface area contributed by atoms with Crippen LogP contribution in [0.1, 0.15) is 124 Å². The number of hydrogen-bond donors (Lipinski definition) is 5. The Kier molecular flexibility index (Phi) is 12.1. The van der Waals surface area contributed by atoms with Crippen LogP contribution >= 0.6 is 11.6 Å². The molecule has 0 radical (unpaired) electrons. The van der Waals surface area contributed by atoms with Crippen molar-refractivity contribution in [1.29, 1.82) is 0 Å². The lowest BCUT2D eigenvalue weighted by Gasteiger charge is -2.30. The number of benzene rings is 2. The van der Waals surface area contributed by atoms with Crippen LogP contribution in [0, 0.1) is 0 Å². The molecule has 0 spiro atoms. The number of anilines is 2. The lowest BCUT2D eigenvalue weighted by Crippen LogP contribution is -2.51. The fourth-order valence-corrected chi connectivity index (χ4v) is 11.4. The predicted molar refractivity (Wildman–Crippen MR) is 212 cm³/mol. The van der Waals surface area contributed by atoms with Gasteiger partial charge in [0, 0.05) is 49.3 Å². The van der Waals surface area contributed by atoms with Crippen LogP contribution in [-0.4, -0.2) is 75.1 Å². The maximum absolute atomic E-state index is 13.4. The second-order valence-corrected chi connectivity index (χ2v) is 20.0. The fraction of sp³-hybridized carbons (Fsp3) is 0.553. The van der Waals surface area contributed by atoms with Gasteiger partial charge in [0.15, 0.2) is 0 Å². The van der Waals surface area contributed by atoms with Gasteiger partial charge in [-0.25, -0.2) is 35.9 Å². The third-order valence-electron chi connectivity index (χ3n) is 11.5. The number of fused-ring (bicyclic) bond motifs is 2. The van der Waals surface area contributed by atoms with Crippen LogP contribution in [0.4, 0.5) is 21.0 Å². The summed E-state index contributed by atoms with van der Waals surface area (Å²) in [4.78, 5) is 63.5. The molecule has 0 saturated carbocycles. The van der Waals surface area contributed by atoms with Gasteiger partial charge in [0.05, 0.1) is 10.5 Å². The predicted octanol–water partition coefficient (Wildman–Crippen LogP) is 4.89. The fourth-order valence-electron chi connectivity index (χ4n) is 8.60. The normalized spacial score (nSPS) is 21.5. The van der Waals surface area contributed by atoms with E-state index in [1.165, 1.54) is 6.92 Å². The summed E-state index contributed by atoms with van der Waals surface area (Å²) in [5.74, 6) is -1.64. The smallest absolute Gasteiger partial charge is 0.332 e. The largest absolute Gasteiger partial charge is 0.356 e. The van der Waals surface area contributed by atoms with Crippen molar-refractivity contribution in [2.45, 2.75) is 120 Å². The quantitative estimate of drug-likeness (QED) is 0.220. The van der Waals surface area contributed by atoms with Crippen molar-refractivity contribution in [3.05, 3.63) is 56.6 Å². The van der Waals surface area contributed by atoms with Gasteiger partial charge in [-0.05, 0) is 115 Å². The maximum atomic E-state index is 13.4. The molecule has 4 aliphatic rings. The number of carbonyl (C=O) groups excluding carboxylic acids is 5. The molecule has 2 aliphatic heterocycles. The highest BCUT2D eigenvalue weighted by atomic mass is 35.5. The maximum Gasteiger partial charge on any atom is 0.332 e. The molecule has 15 nitrogen and oxygen atoms in total. The molecule has 304 valence electrons. The number of likely N-dealkylation sites (tertiary alicyclic amines) is 1. The Morgan fingerprint density at radius 1 is 0.839 bits per heavy atom. The van der Waals surface area contributed by atoms with Crippen LogP contribution in [0.25, 0.3) is 0 Å². The molecule has 7 amide bonds. The minimum Gasteiger partial charge on any atom is -0.356 e. The number of aryl methyl sites for hydroxylation is 1. The Balaban J connectivity index is 1.22. The van der Waals surface area contributed by atoms with E-state index in [1.54, 1.807) is 12.1 Å². The summed E-state index contributed by atoms with van der Waals surface area (Å²) in [6.45, 7) is 6.95.